The van der Waals surface area contributed by atoms with Gasteiger partial charge >= 0.3 is 0 Å². The Kier molecular flexibility index (Phi) is 7.77. The molecule has 0 saturated heterocycles. The van der Waals surface area contributed by atoms with Gasteiger partial charge in [-0.1, -0.05) is 0 Å². The molecule has 3 heteroatoms. The Bertz CT molecular complexity index is 41.6. The maximum absolute atomic E-state index is 8.27. The maximum atomic E-state index is 8.27. The zero-order valence-electron chi connectivity index (χ0n) is 5.80. The number of rotatable bonds is 6. The number of aliphatic hydroxyl groups is 1. The first-order chi connectivity index (χ1) is 4.41. The largest absolute Gasteiger partial charge is 0.394 e. The van der Waals surface area contributed by atoms with E-state index in [1.54, 1.807) is 7.11 Å². The predicted molar refractivity (Wildman–Crippen MR) is 34.4 cm³/mol. The van der Waals surface area contributed by atoms with Gasteiger partial charge in [-0.3, -0.25) is 0 Å². The topological polar surface area (TPSA) is 38.7 Å². The summed E-state index contributed by atoms with van der Waals surface area (Å²) in [6.45, 7) is 1.94. The summed E-state index contributed by atoms with van der Waals surface area (Å²) in [7, 11) is 1.66. The molecule has 0 saturated carbocycles. The Morgan fingerprint density at radius 1 is 1.22 bits per heavy atom. The van der Waals surface area contributed by atoms with Crippen molar-refractivity contribution in [1.82, 2.24) is 0 Å². The standard InChI is InChI=1S/C6H14O3/c1-8-4-2-5-9-6-3-7/h7H,2-6H2,1H3. The zero-order chi connectivity index (χ0) is 6.95. The molecule has 0 aliphatic heterocycles. The van der Waals surface area contributed by atoms with Crippen molar-refractivity contribution >= 4 is 0 Å². The van der Waals surface area contributed by atoms with Crippen molar-refractivity contribution < 1.29 is 14.6 Å². The van der Waals surface area contributed by atoms with E-state index >= 15 is 0 Å². The summed E-state index contributed by atoms with van der Waals surface area (Å²) in [5.41, 5.74) is 0. The molecule has 1 N–H and O–H groups in total. The summed E-state index contributed by atoms with van der Waals surface area (Å²) in [6.07, 6.45) is 0.899. The van der Waals surface area contributed by atoms with E-state index in [1.807, 2.05) is 0 Å². The molecule has 0 amide bonds. The molecule has 56 valence electrons. The van der Waals surface area contributed by atoms with Crippen molar-refractivity contribution in [2.24, 2.45) is 0 Å². The van der Waals surface area contributed by atoms with Crippen LogP contribution in [0.4, 0.5) is 0 Å². The number of hydrogen-bond acceptors (Lipinski definition) is 3. The summed E-state index contributed by atoms with van der Waals surface area (Å²) < 4.78 is 9.73. The minimum absolute atomic E-state index is 0.104. The Hall–Kier alpha value is -0.120. The molecule has 9 heavy (non-hydrogen) atoms. The molecule has 0 fully saturated rings. The summed E-state index contributed by atoms with van der Waals surface area (Å²) in [5, 5.41) is 8.27. The second kappa shape index (κ2) is 7.88. The van der Waals surface area contributed by atoms with Gasteiger partial charge < -0.3 is 14.6 Å². The normalized spacial score (nSPS) is 10.0. The summed E-state index contributed by atoms with van der Waals surface area (Å²) in [5.74, 6) is 0. The van der Waals surface area contributed by atoms with Gasteiger partial charge in [0.2, 0.25) is 0 Å². The van der Waals surface area contributed by atoms with E-state index in [-0.39, 0.29) is 6.61 Å². The fourth-order valence-electron chi connectivity index (χ4n) is 0.472. The SMILES string of the molecule is COCCCOCCO. The van der Waals surface area contributed by atoms with Crippen LogP contribution in [-0.4, -0.2) is 38.6 Å². The monoisotopic (exact) mass is 134 g/mol. The molecule has 0 aromatic rings. The van der Waals surface area contributed by atoms with E-state index in [2.05, 4.69) is 0 Å². The Balaban J connectivity index is 2.60. The van der Waals surface area contributed by atoms with Crippen molar-refractivity contribution in [3.63, 3.8) is 0 Å². The lowest BCUT2D eigenvalue weighted by Gasteiger charge is -1.99. The van der Waals surface area contributed by atoms with Gasteiger partial charge in [0.25, 0.3) is 0 Å². The average Bonchev–Trinajstić information content (AvgIpc) is 1.89. The second-order valence-corrected chi connectivity index (χ2v) is 1.68. The van der Waals surface area contributed by atoms with Crippen LogP contribution in [0.2, 0.25) is 0 Å². The Morgan fingerprint density at radius 3 is 2.56 bits per heavy atom. The van der Waals surface area contributed by atoms with Gasteiger partial charge in [0.1, 0.15) is 0 Å². The first-order valence-electron chi connectivity index (χ1n) is 3.09. The molecule has 0 rings (SSSR count). The van der Waals surface area contributed by atoms with Crippen LogP contribution in [0.25, 0.3) is 0 Å². The lowest BCUT2D eigenvalue weighted by atomic mass is 10.5. The summed E-state index contributed by atoms with van der Waals surface area (Å²) >= 11 is 0. The van der Waals surface area contributed by atoms with Gasteiger partial charge in [-0.15, -0.1) is 0 Å². The van der Waals surface area contributed by atoms with Crippen LogP contribution in [-0.2, 0) is 9.47 Å². The molecule has 0 radical (unpaired) electrons. The first kappa shape index (κ1) is 8.88. The smallest absolute Gasteiger partial charge is 0.0697 e. The molecule has 0 atom stereocenters. The van der Waals surface area contributed by atoms with Crippen LogP contribution in [0.5, 0.6) is 0 Å². The number of hydrogen-bond donors (Lipinski definition) is 1. The zero-order valence-corrected chi connectivity index (χ0v) is 5.80. The van der Waals surface area contributed by atoms with Crippen LogP contribution in [0.1, 0.15) is 6.42 Å². The first-order valence-corrected chi connectivity index (χ1v) is 3.09. The van der Waals surface area contributed by atoms with Gasteiger partial charge in [-0.05, 0) is 6.42 Å². The summed E-state index contributed by atoms with van der Waals surface area (Å²) in [4.78, 5) is 0. The van der Waals surface area contributed by atoms with Crippen LogP contribution in [0.3, 0.4) is 0 Å². The molecular weight excluding hydrogens is 120 g/mol. The van der Waals surface area contributed by atoms with Crippen LogP contribution in [0, 0.1) is 0 Å². The molecule has 0 unspecified atom stereocenters. The van der Waals surface area contributed by atoms with Gasteiger partial charge in [0.15, 0.2) is 0 Å². The molecule has 0 spiro atoms. The molecule has 0 aliphatic carbocycles. The minimum atomic E-state index is 0.104. The highest BCUT2D eigenvalue weighted by atomic mass is 16.5. The molecule has 0 aromatic carbocycles. The van der Waals surface area contributed by atoms with E-state index in [0.717, 1.165) is 13.0 Å². The van der Waals surface area contributed by atoms with Crippen LogP contribution < -0.4 is 0 Å². The fourth-order valence-corrected chi connectivity index (χ4v) is 0.472. The van der Waals surface area contributed by atoms with Gasteiger partial charge in [0.05, 0.1) is 13.2 Å². The summed E-state index contributed by atoms with van der Waals surface area (Å²) in [6, 6.07) is 0. The van der Waals surface area contributed by atoms with E-state index < -0.39 is 0 Å². The van der Waals surface area contributed by atoms with Gasteiger partial charge in [0, 0.05) is 20.3 Å². The predicted octanol–water partition coefficient (Wildman–Crippen LogP) is 0.0318. The molecule has 0 bridgehead atoms. The third-order valence-corrected chi connectivity index (χ3v) is 0.873. The lowest BCUT2D eigenvalue weighted by molar-refractivity contribution is 0.0748. The van der Waals surface area contributed by atoms with Gasteiger partial charge in [-0.2, -0.15) is 0 Å². The molecule has 0 heterocycles. The Labute approximate surface area is 55.6 Å². The van der Waals surface area contributed by atoms with Crippen molar-refractivity contribution in [2.75, 3.05) is 33.5 Å². The molecule has 3 nitrogen and oxygen atoms in total. The average molecular weight is 134 g/mol. The van der Waals surface area contributed by atoms with Gasteiger partial charge in [-0.25, -0.2) is 0 Å². The molecular formula is C6H14O3. The highest BCUT2D eigenvalue weighted by Gasteiger charge is 1.85. The van der Waals surface area contributed by atoms with E-state index in [1.165, 1.54) is 0 Å². The third kappa shape index (κ3) is 7.88. The fraction of sp³-hybridized carbons (Fsp3) is 1.00. The molecule has 0 aliphatic rings. The van der Waals surface area contributed by atoms with E-state index in [0.29, 0.717) is 13.2 Å². The second-order valence-electron chi connectivity index (χ2n) is 1.68. The minimum Gasteiger partial charge on any atom is -0.394 e. The quantitative estimate of drug-likeness (QED) is 0.521. The highest BCUT2D eigenvalue weighted by molar-refractivity contribution is 4.32. The third-order valence-electron chi connectivity index (χ3n) is 0.873. The number of methoxy groups -OCH3 is 1. The number of ether oxygens (including phenoxy) is 2. The molecule has 0 aromatic heterocycles. The van der Waals surface area contributed by atoms with E-state index in [9.17, 15) is 0 Å². The van der Waals surface area contributed by atoms with Crippen molar-refractivity contribution in [3.8, 4) is 0 Å². The van der Waals surface area contributed by atoms with E-state index in [4.69, 9.17) is 14.6 Å². The Morgan fingerprint density at radius 2 is 2.00 bits per heavy atom. The van der Waals surface area contributed by atoms with Crippen LogP contribution in [0.15, 0.2) is 0 Å². The van der Waals surface area contributed by atoms with Crippen molar-refractivity contribution in [3.05, 3.63) is 0 Å². The number of aliphatic hydroxyl groups excluding tert-OH is 1. The van der Waals surface area contributed by atoms with Crippen LogP contribution >= 0.6 is 0 Å². The maximum Gasteiger partial charge on any atom is 0.0697 e. The van der Waals surface area contributed by atoms with Crippen molar-refractivity contribution in [2.45, 2.75) is 6.42 Å². The van der Waals surface area contributed by atoms with Crippen molar-refractivity contribution in [1.29, 1.82) is 0 Å². The lowest BCUT2D eigenvalue weighted by Crippen LogP contribution is -2.02. The highest BCUT2D eigenvalue weighted by Crippen LogP contribution is 1.81.